The standard InChI is InChI=1S/C49H30N2O/c50-31-32-17-21-46-42(25-32)43-28-39(34-11-5-2-6-12-34)18-22-47(43)51(46)41-20-24-49-45(30-41)44-29-40(19-23-48(44)52-49)38-16-8-15-37(27-38)36-14-7-13-35(26-36)33-9-3-1-4-10-33/h1-30H. The molecule has 3 heteroatoms. The fourth-order valence-corrected chi connectivity index (χ4v) is 7.65. The lowest BCUT2D eigenvalue weighted by Crippen LogP contribution is -1.93. The lowest BCUT2D eigenvalue weighted by Gasteiger charge is -2.09. The average Bonchev–Trinajstić information content (AvgIpc) is 3.75. The number of fused-ring (bicyclic) bond motifs is 6. The van der Waals surface area contributed by atoms with Crippen LogP contribution in [0.4, 0.5) is 0 Å². The van der Waals surface area contributed by atoms with E-state index in [0.717, 1.165) is 71.7 Å². The molecule has 0 spiro atoms. The molecule has 0 unspecified atom stereocenters. The smallest absolute Gasteiger partial charge is 0.135 e. The summed E-state index contributed by atoms with van der Waals surface area (Å²) < 4.78 is 8.69. The van der Waals surface area contributed by atoms with Crippen LogP contribution in [0.3, 0.4) is 0 Å². The van der Waals surface area contributed by atoms with E-state index in [9.17, 15) is 5.26 Å². The molecule has 52 heavy (non-hydrogen) atoms. The summed E-state index contributed by atoms with van der Waals surface area (Å²) in [6.45, 7) is 0. The zero-order valence-corrected chi connectivity index (χ0v) is 28.1. The Bertz CT molecular complexity index is 3020. The fourth-order valence-electron chi connectivity index (χ4n) is 7.65. The third kappa shape index (κ3) is 4.97. The van der Waals surface area contributed by atoms with E-state index < -0.39 is 0 Å². The maximum atomic E-state index is 9.79. The quantitative estimate of drug-likeness (QED) is 0.184. The molecule has 0 fully saturated rings. The first-order valence-electron chi connectivity index (χ1n) is 17.5. The van der Waals surface area contributed by atoms with E-state index in [1.54, 1.807) is 0 Å². The largest absolute Gasteiger partial charge is 0.456 e. The van der Waals surface area contributed by atoms with Crippen LogP contribution in [-0.4, -0.2) is 4.57 Å². The lowest BCUT2D eigenvalue weighted by atomic mass is 9.96. The van der Waals surface area contributed by atoms with E-state index in [1.165, 1.54) is 22.3 Å². The first-order chi connectivity index (χ1) is 25.7. The van der Waals surface area contributed by atoms with Gasteiger partial charge in [0.05, 0.1) is 22.7 Å². The summed E-state index contributed by atoms with van der Waals surface area (Å²) in [5.41, 5.74) is 14.9. The minimum Gasteiger partial charge on any atom is -0.456 e. The summed E-state index contributed by atoms with van der Waals surface area (Å²) in [5, 5.41) is 14.1. The second-order valence-electron chi connectivity index (χ2n) is 13.3. The summed E-state index contributed by atoms with van der Waals surface area (Å²) in [7, 11) is 0. The molecule has 0 amide bonds. The lowest BCUT2D eigenvalue weighted by molar-refractivity contribution is 0.669. The molecule has 242 valence electrons. The average molecular weight is 663 g/mol. The van der Waals surface area contributed by atoms with Crippen molar-refractivity contribution >= 4 is 43.7 Å². The maximum Gasteiger partial charge on any atom is 0.135 e. The van der Waals surface area contributed by atoms with Crippen molar-refractivity contribution in [3.63, 3.8) is 0 Å². The molecule has 0 saturated carbocycles. The molecule has 0 N–H and O–H groups in total. The summed E-state index contributed by atoms with van der Waals surface area (Å²) in [6, 6.07) is 66.3. The van der Waals surface area contributed by atoms with Gasteiger partial charge >= 0.3 is 0 Å². The molecule has 0 aliphatic rings. The van der Waals surface area contributed by atoms with Crippen LogP contribution in [0.2, 0.25) is 0 Å². The van der Waals surface area contributed by atoms with E-state index in [2.05, 4.69) is 174 Å². The van der Waals surface area contributed by atoms with Crippen LogP contribution in [0, 0.1) is 11.3 Å². The molecule has 10 rings (SSSR count). The van der Waals surface area contributed by atoms with Crippen LogP contribution >= 0.6 is 0 Å². The molecule has 0 aliphatic heterocycles. The third-order valence-corrected chi connectivity index (χ3v) is 10.2. The molecule has 2 aromatic heterocycles. The highest BCUT2D eigenvalue weighted by Gasteiger charge is 2.17. The summed E-state index contributed by atoms with van der Waals surface area (Å²) in [4.78, 5) is 0. The van der Waals surface area contributed by atoms with Gasteiger partial charge in [-0.2, -0.15) is 5.26 Å². The molecular formula is C49H30N2O. The number of nitriles is 1. The van der Waals surface area contributed by atoms with Crippen LogP contribution in [0.15, 0.2) is 186 Å². The Morgan fingerprint density at radius 2 is 0.827 bits per heavy atom. The number of hydrogen-bond acceptors (Lipinski definition) is 2. The Labute approximate surface area is 300 Å². The van der Waals surface area contributed by atoms with Gasteiger partial charge in [-0.05, 0) is 117 Å². The zero-order chi connectivity index (χ0) is 34.6. The maximum absolute atomic E-state index is 9.79. The second kappa shape index (κ2) is 12.0. The van der Waals surface area contributed by atoms with Crippen molar-refractivity contribution < 1.29 is 4.42 Å². The Kier molecular flexibility index (Phi) is 6.87. The molecule has 3 nitrogen and oxygen atoms in total. The molecule has 0 radical (unpaired) electrons. The van der Waals surface area contributed by atoms with Gasteiger partial charge in [-0.3, -0.25) is 0 Å². The summed E-state index contributed by atoms with van der Waals surface area (Å²) in [5.74, 6) is 0. The van der Waals surface area contributed by atoms with Gasteiger partial charge in [-0.15, -0.1) is 0 Å². The number of aromatic nitrogens is 1. The number of furan rings is 1. The molecule has 0 bridgehead atoms. The van der Waals surface area contributed by atoms with Gasteiger partial charge in [-0.1, -0.05) is 109 Å². The molecule has 10 aromatic rings. The fraction of sp³-hybridized carbons (Fsp3) is 0. The van der Waals surface area contributed by atoms with E-state index in [-0.39, 0.29) is 0 Å². The van der Waals surface area contributed by atoms with Crippen molar-refractivity contribution in [1.82, 2.24) is 4.57 Å². The van der Waals surface area contributed by atoms with Gasteiger partial charge in [0.25, 0.3) is 0 Å². The predicted molar refractivity (Wildman–Crippen MR) is 215 cm³/mol. The van der Waals surface area contributed by atoms with Gasteiger partial charge in [0.1, 0.15) is 11.2 Å². The number of benzene rings is 8. The van der Waals surface area contributed by atoms with E-state index in [4.69, 9.17) is 4.42 Å². The normalized spacial score (nSPS) is 11.4. The van der Waals surface area contributed by atoms with Crippen LogP contribution in [0.25, 0.3) is 93.9 Å². The Balaban J connectivity index is 1.09. The van der Waals surface area contributed by atoms with Crippen LogP contribution in [0.5, 0.6) is 0 Å². The van der Waals surface area contributed by atoms with Crippen LogP contribution in [-0.2, 0) is 0 Å². The Morgan fingerprint density at radius 1 is 0.365 bits per heavy atom. The molecule has 0 atom stereocenters. The van der Waals surface area contributed by atoms with E-state index in [1.807, 2.05) is 18.2 Å². The van der Waals surface area contributed by atoms with Gasteiger partial charge in [0.2, 0.25) is 0 Å². The third-order valence-electron chi connectivity index (χ3n) is 10.2. The van der Waals surface area contributed by atoms with Crippen molar-refractivity contribution in [3.05, 3.63) is 188 Å². The Hall–Kier alpha value is -7.15. The second-order valence-corrected chi connectivity index (χ2v) is 13.3. The topological polar surface area (TPSA) is 41.9 Å². The monoisotopic (exact) mass is 662 g/mol. The van der Waals surface area contributed by atoms with Crippen molar-refractivity contribution in [2.75, 3.05) is 0 Å². The van der Waals surface area contributed by atoms with E-state index in [0.29, 0.717) is 5.56 Å². The number of nitrogens with zero attached hydrogens (tertiary/aromatic N) is 2. The first kappa shape index (κ1) is 29.7. The SMILES string of the molecule is N#Cc1ccc2c(c1)c1cc(-c3ccccc3)ccc1n2-c1ccc2oc3ccc(-c4cccc(-c5cccc(-c6ccccc6)c5)c4)cc3c2c1. The Morgan fingerprint density at radius 3 is 1.46 bits per heavy atom. The van der Waals surface area contributed by atoms with Crippen molar-refractivity contribution in [2.24, 2.45) is 0 Å². The first-order valence-corrected chi connectivity index (χ1v) is 17.5. The predicted octanol–water partition coefficient (Wildman–Crippen LogP) is 13.2. The van der Waals surface area contributed by atoms with Crippen molar-refractivity contribution in [2.45, 2.75) is 0 Å². The molecule has 0 aliphatic carbocycles. The number of hydrogen-bond donors (Lipinski definition) is 0. The highest BCUT2D eigenvalue weighted by molar-refractivity contribution is 6.12. The zero-order valence-electron chi connectivity index (χ0n) is 28.1. The van der Waals surface area contributed by atoms with Crippen LogP contribution in [0.1, 0.15) is 5.56 Å². The summed E-state index contributed by atoms with van der Waals surface area (Å²) in [6.07, 6.45) is 0. The van der Waals surface area contributed by atoms with Gasteiger partial charge in [-0.25, -0.2) is 0 Å². The highest BCUT2D eigenvalue weighted by Crippen LogP contribution is 2.39. The molecule has 8 aromatic carbocycles. The van der Waals surface area contributed by atoms with Crippen molar-refractivity contribution in [1.29, 1.82) is 5.26 Å². The van der Waals surface area contributed by atoms with Crippen LogP contribution < -0.4 is 0 Å². The molecule has 0 saturated heterocycles. The molecule has 2 heterocycles. The van der Waals surface area contributed by atoms with Crippen molar-refractivity contribution in [3.8, 4) is 56.3 Å². The minimum atomic E-state index is 0.647. The van der Waals surface area contributed by atoms with Gasteiger partial charge in [0.15, 0.2) is 0 Å². The minimum absolute atomic E-state index is 0.647. The van der Waals surface area contributed by atoms with Gasteiger partial charge in [0, 0.05) is 27.2 Å². The molecular weight excluding hydrogens is 633 g/mol. The van der Waals surface area contributed by atoms with E-state index >= 15 is 0 Å². The number of rotatable bonds is 5. The summed E-state index contributed by atoms with van der Waals surface area (Å²) >= 11 is 0. The highest BCUT2D eigenvalue weighted by atomic mass is 16.3. The van der Waals surface area contributed by atoms with Gasteiger partial charge < -0.3 is 8.98 Å².